The van der Waals surface area contributed by atoms with Crippen LogP contribution in [0.3, 0.4) is 0 Å². The minimum Gasteiger partial charge on any atom is -0.360 e. The molecule has 7 heteroatoms. The molecule has 0 bridgehead atoms. The third-order valence-electron chi connectivity index (χ3n) is 11.2. The van der Waals surface area contributed by atoms with Gasteiger partial charge in [-0.15, -0.1) is 0 Å². The first kappa shape index (κ1) is 24.6. The number of ether oxygens (including phenoxy) is 1. The molecule has 6 rings (SSSR count). The Morgan fingerprint density at radius 1 is 0.771 bits per heavy atom. The molecule has 6 fully saturated rings. The summed E-state index contributed by atoms with van der Waals surface area (Å²) in [6.07, 6.45) is 11.9. The van der Waals surface area contributed by atoms with Gasteiger partial charge in [0.15, 0.2) is 0 Å². The third kappa shape index (κ3) is 4.80. The molecule has 4 saturated heterocycles. The average molecular weight is 485 g/mol. The molecule has 0 aromatic rings. The Bertz CT molecular complexity index is 762. The molecule has 4 aliphatic heterocycles. The van der Waals surface area contributed by atoms with Gasteiger partial charge >= 0.3 is 0 Å². The van der Waals surface area contributed by atoms with Crippen LogP contribution in [0.2, 0.25) is 0 Å². The van der Waals surface area contributed by atoms with Gasteiger partial charge in [-0.3, -0.25) is 16.2 Å². The predicted octanol–water partition coefficient (Wildman–Crippen LogP) is 2.51. The molecular weight excluding hydrogens is 436 g/mol. The van der Waals surface area contributed by atoms with Crippen molar-refractivity contribution in [3.63, 3.8) is 0 Å². The van der Waals surface area contributed by atoms with E-state index in [1.165, 1.54) is 57.8 Å². The highest BCUT2D eigenvalue weighted by Crippen LogP contribution is 2.48. The number of nitriles is 1. The van der Waals surface area contributed by atoms with Crippen molar-refractivity contribution < 1.29 is 4.74 Å². The maximum absolute atomic E-state index is 9.62. The topological polar surface area (TPSA) is 93.2 Å². The molecule has 9 unspecified atom stereocenters. The monoisotopic (exact) mass is 484 g/mol. The lowest BCUT2D eigenvalue weighted by Crippen LogP contribution is -2.59. The van der Waals surface area contributed by atoms with E-state index in [0.717, 1.165) is 55.8 Å². The minimum atomic E-state index is -0.182. The Kier molecular flexibility index (Phi) is 7.16. The van der Waals surface area contributed by atoms with Crippen molar-refractivity contribution in [2.24, 2.45) is 40.9 Å². The zero-order valence-corrected chi connectivity index (χ0v) is 21.9. The van der Waals surface area contributed by atoms with Crippen LogP contribution in [-0.2, 0) is 4.74 Å². The van der Waals surface area contributed by atoms with Gasteiger partial charge in [0, 0.05) is 37.3 Å². The van der Waals surface area contributed by atoms with Crippen molar-refractivity contribution in [2.45, 2.75) is 102 Å². The van der Waals surface area contributed by atoms with Crippen LogP contribution in [0.15, 0.2) is 0 Å². The number of hydrogen-bond acceptors (Lipinski definition) is 7. The number of nitrogens with one attached hydrogen (secondary N) is 5. The number of hydrogen-bond donors (Lipinski definition) is 5. The van der Waals surface area contributed by atoms with E-state index in [0.29, 0.717) is 30.1 Å². The zero-order chi connectivity index (χ0) is 24.0. The van der Waals surface area contributed by atoms with Gasteiger partial charge < -0.3 is 15.4 Å². The smallest absolute Gasteiger partial charge is 0.123 e. The summed E-state index contributed by atoms with van der Waals surface area (Å²) in [5, 5.41) is 20.9. The van der Waals surface area contributed by atoms with E-state index in [2.05, 4.69) is 46.7 Å². The second-order valence-corrected chi connectivity index (χ2v) is 13.3. The minimum absolute atomic E-state index is 0.182. The first-order chi connectivity index (χ1) is 17.0. The quantitative estimate of drug-likeness (QED) is 0.419. The van der Waals surface area contributed by atoms with Crippen molar-refractivity contribution in [2.75, 3.05) is 26.2 Å². The summed E-state index contributed by atoms with van der Waals surface area (Å²) in [6.45, 7) is 8.40. The fourth-order valence-corrected chi connectivity index (χ4v) is 9.01. The first-order valence-corrected chi connectivity index (χ1v) is 14.8. The Balaban J connectivity index is 1.08. The Morgan fingerprint density at radius 3 is 2.23 bits per heavy atom. The van der Waals surface area contributed by atoms with Crippen LogP contribution in [0.1, 0.15) is 71.6 Å². The van der Waals surface area contributed by atoms with Gasteiger partial charge in [0.2, 0.25) is 0 Å². The van der Waals surface area contributed by atoms with Gasteiger partial charge in [-0.05, 0) is 114 Å². The molecule has 196 valence electrons. The van der Waals surface area contributed by atoms with E-state index >= 15 is 0 Å². The standard InChI is InChI=1S/C28H48N6O/c1-28(2,16-29)20-7-3-17(4-8-20)26-25-21-13-18(5-9-22(21)32-15-24(25)33-34-26)19-6-10-23(31-14-19)27-30-11-12-35-27/h17-27,30-34H,3-15H2,1-2H3. The Hall–Kier alpha value is -0.750. The van der Waals surface area contributed by atoms with Gasteiger partial charge in [-0.1, -0.05) is 0 Å². The highest BCUT2D eigenvalue weighted by atomic mass is 16.5. The van der Waals surface area contributed by atoms with Gasteiger partial charge in [-0.2, -0.15) is 5.26 Å². The van der Waals surface area contributed by atoms with Crippen LogP contribution in [0.4, 0.5) is 0 Å². The summed E-state index contributed by atoms with van der Waals surface area (Å²) in [6, 6.07) is 4.93. The van der Waals surface area contributed by atoms with E-state index in [1.807, 2.05) is 0 Å². The Morgan fingerprint density at radius 2 is 1.51 bits per heavy atom. The molecule has 0 amide bonds. The fraction of sp³-hybridized carbons (Fsp3) is 0.964. The lowest BCUT2D eigenvalue weighted by molar-refractivity contribution is 0.0263. The van der Waals surface area contributed by atoms with Crippen LogP contribution in [0.25, 0.3) is 0 Å². The summed E-state index contributed by atoms with van der Waals surface area (Å²) in [4.78, 5) is 0. The van der Waals surface area contributed by atoms with Crippen LogP contribution in [0, 0.1) is 52.3 Å². The zero-order valence-electron chi connectivity index (χ0n) is 21.9. The largest absolute Gasteiger partial charge is 0.360 e. The number of rotatable bonds is 4. The van der Waals surface area contributed by atoms with E-state index in [-0.39, 0.29) is 11.6 Å². The molecule has 0 aromatic carbocycles. The van der Waals surface area contributed by atoms with Gasteiger partial charge in [0.25, 0.3) is 0 Å². The van der Waals surface area contributed by atoms with Crippen LogP contribution in [0.5, 0.6) is 0 Å². The van der Waals surface area contributed by atoms with E-state index in [4.69, 9.17) is 4.74 Å². The highest BCUT2D eigenvalue weighted by molar-refractivity contribution is 5.08. The summed E-state index contributed by atoms with van der Waals surface area (Å²) < 4.78 is 5.88. The molecule has 9 atom stereocenters. The predicted molar refractivity (Wildman–Crippen MR) is 137 cm³/mol. The van der Waals surface area contributed by atoms with Crippen LogP contribution >= 0.6 is 0 Å². The number of fused-ring (bicyclic) bond motifs is 3. The first-order valence-electron chi connectivity index (χ1n) is 14.8. The molecule has 2 aliphatic carbocycles. The second kappa shape index (κ2) is 10.2. The van der Waals surface area contributed by atoms with Gasteiger partial charge in [0.1, 0.15) is 6.23 Å². The molecular formula is C28H48N6O. The summed E-state index contributed by atoms with van der Waals surface area (Å²) >= 11 is 0. The second-order valence-electron chi connectivity index (χ2n) is 13.3. The molecule has 4 heterocycles. The SMILES string of the molecule is CC(C)(C#N)C1CCC(C2NNC3CNC4CCC(C5CCC(C6NCCO6)NC5)CC4C32)CC1. The van der Waals surface area contributed by atoms with Crippen molar-refractivity contribution >= 4 is 0 Å². The molecule has 5 N–H and O–H groups in total. The molecule has 6 aliphatic rings. The number of piperidine rings is 2. The molecule has 2 saturated carbocycles. The number of hydrazine groups is 1. The van der Waals surface area contributed by atoms with Crippen LogP contribution in [-0.4, -0.2) is 56.6 Å². The van der Waals surface area contributed by atoms with E-state index < -0.39 is 0 Å². The van der Waals surface area contributed by atoms with Crippen molar-refractivity contribution in [1.29, 1.82) is 5.26 Å². The summed E-state index contributed by atoms with van der Waals surface area (Å²) in [7, 11) is 0. The average Bonchev–Trinajstić information content (AvgIpc) is 3.59. The molecule has 0 aromatic heterocycles. The highest BCUT2D eigenvalue weighted by Gasteiger charge is 2.52. The lowest BCUT2D eigenvalue weighted by atomic mass is 9.60. The lowest BCUT2D eigenvalue weighted by Gasteiger charge is -2.50. The summed E-state index contributed by atoms with van der Waals surface area (Å²) in [5.41, 5.74) is 7.35. The van der Waals surface area contributed by atoms with E-state index in [9.17, 15) is 5.26 Å². The fourth-order valence-electron chi connectivity index (χ4n) is 9.01. The molecule has 0 radical (unpaired) electrons. The summed E-state index contributed by atoms with van der Waals surface area (Å²) in [5.74, 6) is 4.51. The van der Waals surface area contributed by atoms with Crippen LogP contribution < -0.4 is 26.8 Å². The molecule has 0 spiro atoms. The van der Waals surface area contributed by atoms with Gasteiger partial charge in [-0.25, -0.2) is 0 Å². The molecule has 35 heavy (non-hydrogen) atoms. The van der Waals surface area contributed by atoms with Crippen molar-refractivity contribution in [3.8, 4) is 6.07 Å². The normalized spacial score (nSPS) is 48.7. The van der Waals surface area contributed by atoms with Crippen molar-refractivity contribution in [1.82, 2.24) is 26.8 Å². The maximum Gasteiger partial charge on any atom is 0.123 e. The maximum atomic E-state index is 9.62. The van der Waals surface area contributed by atoms with Gasteiger partial charge in [0.05, 0.1) is 18.1 Å². The third-order valence-corrected chi connectivity index (χ3v) is 11.2. The number of nitrogens with zero attached hydrogens (tertiary/aromatic N) is 1. The Labute approximate surface area is 212 Å². The van der Waals surface area contributed by atoms with Crippen molar-refractivity contribution in [3.05, 3.63) is 0 Å². The molecule has 7 nitrogen and oxygen atoms in total. The van der Waals surface area contributed by atoms with E-state index in [1.54, 1.807) is 0 Å².